The van der Waals surface area contributed by atoms with Crippen LogP contribution >= 0.6 is 23.5 Å². The molecule has 1 fully saturated rings. The minimum Gasteiger partial charge on any atom is -0.477 e. The zero-order chi connectivity index (χ0) is 15.1. The fourth-order valence-corrected chi connectivity index (χ4v) is 5.73. The number of carboxylic acids is 1. The standard InChI is InChI=1S/C12H15N3O4S2/c1-5(16)7-9(17)15-8(11(18)19)12(21-10(7)15)20-6-2-13-4-14-3-6/h4-7,10,16H,2-3H2,1H3,(H,13,14)(H,18,19)/t5?,7?,10-/m1/s1. The van der Waals surface area contributed by atoms with E-state index in [1.54, 1.807) is 13.3 Å². The lowest BCUT2D eigenvalue weighted by Crippen LogP contribution is -2.60. The van der Waals surface area contributed by atoms with E-state index < -0.39 is 18.0 Å². The van der Waals surface area contributed by atoms with Crippen molar-refractivity contribution in [2.75, 3.05) is 13.1 Å². The zero-order valence-corrected chi connectivity index (χ0v) is 12.9. The Bertz CT molecular complexity index is 549. The summed E-state index contributed by atoms with van der Waals surface area (Å²) >= 11 is 2.80. The molecule has 1 amide bonds. The van der Waals surface area contributed by atoms with Crippen LogP contribution in [0.1, 0.15) is 6.92 Å². The first-order valence-corrected chi connectivity index (χ1v) is 8.30. The van der Waals surface area contributed by atoms with Crippen molar-refractivity contribution in [1.29, 1.82) is 0 Å². The van der Waals surface area contributed by atoms with Crippen molar-refractivity contribution in [2.45, 2.75) is 23.7 Å². The maximum Gasteiger partial charge on any atom is 0.354 e. The second-order valence-electron chi connectivity index (χ2n) is 5.07. The third kappa shape index (κ3) is 2.43. The van der Waals surface area contributed by atoms with Crippen molar-refractivity contribution >= 4 is 41.7 Å². The van der Waals surface area contributed by atoms with Gasteiger partial charge >= 0.3 is 5.97 Å². The van der Waals surface area contributed by atoms with Gasteiger partial charge < -0.3 is 15.5 Å². The van der Waals surface area contributed by atoms with Crippen LogP contribution in [0, 0.1) is 5.92 Å². The topological polar surface area (TPSA) is 102 Å². The summed E-state index contributed by atoms with van der Waals surface area (Å²) in [6.07, 6.45) is 0.873. The first-order chi connectivity index (χ1) is 10.0. The Morgan fingerprint density at radius 2 is 2.43 bits per heavy atom. The van der Waals surface area contributed by atoms with Gasteiger partial charge in [-0.3, -0.25) is 14.7 Å². The first-order valence-electron chi connectivity index (χ1n) is 6.54. The number of hydrogen-bond acceptors (Lipinski definition) is 7. The number of aliphatic hydroxyl groups excluding tert-OH is 1. The third-order valence-corrected chi connectivity index (χ3v) is 6.37. The number of aliphatic carboxylic acids is 1. The monoisotopic (exact) mass is 329 g/mol. The molecule has 0 radical (unpaired) electrons. The summed E-state index contributed by atoms with van der Waals surface area (Å²) in [6.45, 7) is 2.89. The lowest BCUT2D eigenvalue weighted by atomic mass is 9.92. The van der Waals surface area contributed by atoms with Gasteiger partial charge in [0.25, 0.3) is 0 Å². The highest BCUT2D eigenvalue weighted by Crippen LogP contribution is 2.54. The number of β-lactam (4-membered cyclic amide) rings is 1. The number of amides is 1. The molecule has 21 heavy (non-hydrogen) atoms. The van der Waals surface area contributed by atoms with E-state index in [4.69, 9.17) is 0 Å². The van der Waals surface area contributed by atoms with Crippen molar-refractivity contribution in [3.8, 4) is 0 Å². The predicted molar refractivity (Wildman–Crippen MR) is 80.8 cm³/mol. The van der Waals surface area contributed by atoms with E-state index in [1.807, 2.05) is 0 Å². The number of thioether (sulfide) groups is 2. The number of aliphatic hydroxyl groups is 1. The summed E-state index contributed by atoms with van der Waals surface area (Å²) in [4.78, 5) is 29.0. The summed E-state index contributed by atoms with van der Waals surface area (Å²) in [7, 11) is 0. The molecule has 3 heterocycles. The van der Waals surface area contributed by atoms with Crippen LogP contribution in [0.15, 0.2) is 14.9 Å². The smallest absolute Gasteiger partial charge is 0.354 e. The molecule has 0 aromatic carbocycles. The van der Waals surface area contributed by atoms with Gasteiger partial charge in [-0.25, -0.2) is 4.79 Å². The molecule has 0 saturated carbocycles. The summed E-state index contributed by atoms with van der Waals surface area (Å²) < 4.78 is 0.632. The molecule has 0 aromatic rings. The molecule has 3 N–H and O–H groups in total. The van der Waals surface area contributed by atoms with Gasteiger partial charge in [0.05, 0.1) is 29.1 Å². The fourth-order valence-electron chi connectivity index (χ4n) is 2.55. The van der Waals surface area contributed by atoms with Crippen molar-refractivity contribution in [2.24, 2.45) is 10.9 Å². The van der Waals surface area contributed by atoms with Crippen molar-refractivity contribution in [1.82, 2.24) is 10.2 Å². The van der Waals surface area contributed by atoms with Crippen LogP contribution < -0.4 is 5.32 Å². The normalized spacial score (nSPS) is 32.6. The van der Waals surface area contributed by atoms with Crippen molar-refractivity contribution in [3.05, 3.63) is 9.93 Å². The molecule has 3 aliphatic heterocycles. The number of carboxylic acid groups (broad SMARTS) is 1. The fraction of sp³-hybridized carbons (Fsp3) is 0.583. The zero-order valence-electron chi connectivity index (χ0n) is 11.2. The molecule has 9 heteroatoms. The SMILES string of the molecule is CC(O)C1C(=O)N2C(C(=O)O)=C(SC3CN=CNC3)S[C@H]12. The number of carbonyl (C=O) groups is 2. The Morgan fingerprint density at radius 1 is 1.67 bits per heavy atom. The summed E-state index contributed by atoms with van der Waals surface area (Å²) in [5, 5.41) is 21.9. The Balaban J connectivity index is 1.80. The van der Waals surface area contributed by atoms with E-state index in [2.05, 4.69) is 10.3 Å². The molecule has 114 valence electrons. The van der Waals surface area contributed by atoms with Gasteiger partial charge in [0.1, 0.15) is 5.37 Å². The Kier molecular flexibility index (Phi) is 3.89. The molecule has 1 saturated heterocycles. The van der Waals surface area contributed by atoms with E-state index in [1.165, 1.54) is 28.4 Å². The largest absolute Gasteiger partial charge is 0.477 e. The average Bonchev–Trinajstić information content (AvgIpc) is 2.74. The van der Waals surface area contributed by atoms with Crippen molar-refractivity contribution in [3.63, 3.8) is 0 Å². The van der Waals surface area contributed by atoms with E-state index in [0.717, 1.165) is 0 Å². The Morgan fingerprint density at radius 3 is 3.00 bits per heavy atom. The van der Waals surface area contributed by atoms with Crippen molar-refractivity contribution < 1.29 is 19.8 Å². The molecule has 0 aliphatic carbocycles. The van der Waals surface area contributed by atoms with E-state index >= 15 is 0 Å². The van der Waals surface area contributed by atoms with Crippen LogP contribution in [-0.4, -0.2) is 63.1 Å². The molecule has 3 unspecified atom stereocenters. The molecule has 3 rings (SSSR count). The van der Waals surface area contributed by atoms with Crippen LogP contribution in [-0.2, 0) is 9.59 Å². The van der Waals surface area contributed by atoms with Gasteiger partial charge in [-0.1, -0.05) is 11.8 Å². The quantitative estimate of drug-likeness (QED) is 0.618. The van der Waals surface area contributed by atoms with Gasteiger partial charge in [0, 0.05) is 11.8 Å². The maximum absolute atomic E-state index is 12.0. The molecule has 3 aliphatic rings. The summed E-state index contributed by atoms with van der Waals surface area (Å²) in [5.74, 6) is -1.93. The Labute approximate surface area is 129 Å². The third-order valence-electron chi connectivity index (χ3n) is 3.58. The lowest BCUT2D eigenvalue weighted by molar-refractivity contribution is -0.156. The molecule has 0 bridgehead atoms. The average molecular weight is 329 g/mol. The van der Waals surface area contributed by atoms with E-state index in [0.29, 0.717) is 17.3 Å². The summed E-state index contributed by atoms with van der Waals surface area (Å²) in [5.41, 5.74) is 0.0476. The van der Waals surface area contributed by atoms with Gasteiger partial charge in [-0.2, -0.15) is 0 Å². The first kappa shape index (κ1) is 14.7. The van der Waals surface area contributed by atoms with E-state index in [9.17, 15) is 19.8 Å². The molecule has 0 aromatic heterocycles. The molecular formula is C12H15N3O4S2. The molecule has 0 spiro atoms. The lowest BCUT2D eigenvalue weighted by Gasteiger charge is -2.43. The van der Waals surface area contributed by atoms with Crippen LogP contribution in [0.3, 0.4) is 0 Å². The van der Waals surface area contributed by atoms with Gasteiger partial charge in [-0.15, -0.1) is 11.8 Å². The van der Waals surface area contributed by atoms with Crippen LogP contribution in [0.5, 0.6) is 0 Å². The van der Waals surface area contributed by atoms with Crippen LogP contribution in [0.4, 0.5) is 0 Å². The van der Waals surface area contributed by atoms with Crippen LogP contribution in [0.25, 0.3) is 0 Å². The second kappa shape index (κ2) is 5.54. The number of nitrogens with zero attached hydrogens (tertiary/aromatic N) is 2. The minimum absolute atomic E-state index is 0.0476. The number of aliphatic imine (C=N–C) groups is 1. The van der Waals surface area contributed by atoms with Gasteiger partial charge in [-0.05, 0) is 6.92 Å². The maximum atomic E-state index is 12.0. The Hall–Kier alpha value is -1.19. The molecule has 4 atom stereocenters. The number of carbonyl (C=O) groups excluding carboxylic acids is 1. The second-order valence-corrected chi connectivity index (χ2v) is 7.76. The number of fused-ring (bicyclic) bond motifs is 1. The predicted octanol–water partition coefficient (Wildman–Crippen LogP) is -0.115. The number of hydrogen-bond donors (Lipinski definition) is 3. The number of rotatable bonds is 4. The van der Waals surface area contributed by atoms with Gasteiger partial charge in [0.15, 0.2) is 5.70 Å². The van der Waals surface area contributed by atoms with Gasteiger partial charge in [0.2, 0.25) is 5.91 Å². The van der Waals surface area contributed by atoms with E-state index in [-0.39, 0.29) is 22.2 Å². The van der Waals surface area contributed by atoms with Crippen LogP contribution in [0.2, 0.25) is 0 Å². The highest BCUT2D eigenvalue weighted by molar-refractivity contribution is 8.23. The highest BCUT2D eigenvalue weighted by atomic mass is 32.2. The number of nitrogens with one attached hydrogen (secondary N) is 1. The minimum atomic E-state index is -1.10. The molecule has 7 nitrogen and oxygen atoms in total. The summed E-state index contributed by atoms with van der Waals surface area (Å²) in [6, 6.07) is 0. The molecular weight excluding hydrogens is 314 g/mol. The highest BCUT2D eigenvalue weighted by Gasteiger charge is 2.57.